The SMILES string of the molecule is FC(F)(F)c1ccccc1-c1nc2cc(Cl)ccn2n1. The summed E-state index contributed by atoms with van der Waals surface area (Å²) in [6.07, 6.45) is -2.91. The van der Waals surface area contributed by atoms with Gasteiger partial charge in [0.1, 0.15) is 0 Å². The van der Waals surface area contributed by atoms with Crippen LogP contribution in [0.15, 0.2) is 42.6 Å². The standard InChI is InChI=1S/C13H7ClF3N3/c14-8-5-6-20-11(7-8)18-12(19-20)9-3-1-2-4-10(9)13(15,16)17/h1-7H. The quantitative estimate of drug-likeness (QED) is 0.678. The van der Waals surface area contributed by atoms with Crippen LogP contribution >= 0.6 is 11.6 Å². The zero-order valence-electron chi connectivity index (χ0n) is 9.89. The summed E-state index contributed by atoms with van der Waals surface area (Å²) in [6, 6.07) is 8.33. The minimum atomic E-state index is -4.45. The van der Waals surface area contributed by atoms with Gasteiger partial charge in [0.25, 0.3) is 0 Å². The molecule has 0 fully saturated rings. The summed E-state index contributed by atoms with van der Waals surface area (Å²) in [5.41, 5.74) is -0.425. The number of pyridine rings is 1. The van der Waals surface area contributed by atoms with E-state index in [4.69, 9.17) is 11.6 Å². The summed E-state index contributed by atoms with van der Waals surface area (Å²) in [7, 11) is 0. The van der Waals surface area contributed by atoms with Gasteiger partial charge in [0.15, 0.2) is 11.5 Å². The largest absolute Gasteiger partial charge is 0.417 e. The van der Waals surface area contributed by atoms with Gasteiger partial charge >= 0.3 is 6.18 Å². The number of hydrogen-bond donors (Lipinski definition) is 0. The third kappa shape index (κ3) is 2.22. The fraction of sp³-hybridized carbons (Fsp3) is 0.0769. The number of fused-ring (bicyclic) bond motifs is 1. The van der Waals surface area contributed by atoms with Crippen molar-refractivity contribution in [1.29, 1.82) is 0 Å². The maximum atomic E-state index is 13.0. The van der Waals surface area contributed by atoms with E-state index < -0.39 is 11.7 Å². The van der Waals surface area contributed by atoms with E-state index in [1.165, 1.54) is 28.8 Å². The minimum absolute atomic E-state index is 0.0141. The van der Waals surface area contributed by atoms with Crippen LogP contribution in [0.25, 0.3) is 17.0 Å². The van der Waals surface area contributed by atoms with Crippen molar-refractivity contribution in [3.05, 3.63) is 53.2 Å². The Hall–Kier alpha value is -2.08. The van der Waals surface area contributed by atoms with Crippen molar-refractivity contribution in [1.82, 2.24) is 14.6 Å². The van der Waals surface area contributed by atoms with Crippen molar-refractivity contribution in [3.8, 4) is 11.4 Å². The van der Waals surface area contributed by atoms with E-state index in [1.54, 1.807) is 12.3 Å². The number of nitrogens with zero attached hydrogens (tertiary/aromatic N) is 3. The summed E-state index contributed by atoms with van der Waals surface area (Å²) in [6.45, 7) is 0. The summed E-state index contributed by atoms with van der Waals surface area (Å²) < 4.78 is 40.3. The molecule has 0 radical (unpaired) electrons. The van der Waals surface area contributed by atoms with Gasteiger partial charge in [0, 0.05) is 22.8 Å². The van der Waals surface area contributed by atoms with E-state index in [9.17, 15) is 13.2 Å². The van der Waals surface area contributed by atoms with E-state index in [0.717, 1.165) is 6.07 Å². The van der Waals surface area contributed by atoms with Gasteiger partial charge in [-0.15, -0.1) is 5.10 Å². The molecule has 1 aromatic carbocycles. The van der Waals surface area contributed by atoms with Crippen LogP contribution in [0.5, 0.6) is 0 Å². The third-order valence-electron chi connectivity index (χ3n) is 2.77. The van der Waals surface area contributed by atoms with Crippen LogP contribution in [0.4, 0.5) is 13.2 Å². The summed E-state index contributed by atoms with van der Waals surface area (Å²) in [4.78, 5) is 4.09. The Balaban J connectivity index is 2.21. The van der Waals surface area contributed by atoms with Crippen LogP contribution in [-0.4, -0.2) is 14.6 Å². The van der Waals surface area contributed by atoms with Crippen LogP contribution in [0.3, 0.4) is 0 Å². The first kappa shape index (κ1) is 12.9. The molecule has 2 aromatic heterocycles. The smallest absolute Gasteiger partial charge is 0.220 e. The van der Waals surface area contributed by atoms with Crippen LogP contribution < -0.4 is 0 Å². The predicted molar refractivity (Wildman–Crippen MR) is 68.4 cm³/mol. The minimum Gasteiger partial charge on any atom is -0.220 e. The summed E-state index contributed by atoms with van der Waals surface area (Å²) in [5, 5.41) is 4.49. The van der Waals surface area contributed by atoms with Crippen LogP contribution in [0, 0.1) is 0 Å². The van der Waals surface area contributed by atoms with Gasteiger partial charge in [-0.25, -0.2) is 9.50 Å². The Morgan fingerprint density at radius 3 is 2.60 bits per heavy atom. The third-order valence-corrected chi connectivity index (χ3v) is 3.01. The molecular weight excluding hydrogens is 291 g/mol. The van der Waals surface area contributed by atoms with Crippen molar-refractivity contribution in [3.63, 3.8) is 0 Å². The van der Waals surface area contributed by atoms with E-state index in [-0.39, 0.29) is 11.4 Å². The highest BCUT2D eigenvalue weighted by Crippen LogP contribution is 2.35. The molecule has 3 aromatic rings. The normalized spacial score (nSPS) is 12.0. The highest BCUT2D eigenvalue weighted by atomic mass is 35.5. The molecule has 0 aliphatic rings. The Kier molecular flexibility index (Phi) is 2.90. The lowest BCUT2D eigenvalue weighted by Gasteiger charge is -2.09. The first-order chi connectivity index (χ1) is 9.45. The molecule has 102 valence electrons. The summed E-state index contributed by atoms with van der Waals surface area (Å²) in [5.74, 6) is 0.0141. The van der Waals surface area contributed by atoms with Crippen molar-refractivity contribution in [2.24, 2.45) is 0 Å². The lowest BCUT2D eigenvalue weighted by molar-refractivity contribution is -0.137. The van der Waals surface area contributed by atoms with E-state index >= 15 is 0 Å². The molecule has 0 saturated heterocycles. The Morgan fingerprint density at radius 1 is 1.10 bits per heavy atom. The van der Waals surface area contributed by atoms with Crippen molar-refractivity contribution in [2.45, 2.75) is 6.18 Å². The van der Waals surface area contributed by atoms with Gasteiger partial charge < -0.3 is 0 Å². The molecule has 0 spiro atoms. The molecule has 0 N–H and O–H groups in total. The second-order valence-corrected chi connectivity index (χ2v) is 4.56. The molecule has 20 heavy (non-hydrogen) atoms. The van der Waals surface area contributed by atoms with E-state index in [0.29, 0.717) is 10.7 Å². The maximum Gasteiger partial charge on any atom is 0.417 e. The average Bonchev–Trinajstić information content (AvgIpc) is 2.80. The molecule has 0 aliphatic carbocycles. The highest BCUT2D eigenvalue weighted by Gasteiger charge is 2.34. The molecule has 2 heterocycles. The Bertz CT molecular complexity index is 780. The molecule has 0 saturated carbocycles. The van der Waals surface area contributed by atoms with Gasteiger partial charge in [-0.1, -0.05) is 29.8 Å². The first-order valence-corrected chi connectivity index (χ1v) is 6.01. The van der Waals surface area contributed by atoms with Crippen molar-refractivity contribution < 1.29 is 13.2 Å². The van der Waals surface area contributed by atoms with Crippen molar-refractivity contribution >= 4 is 17.2 Å². The predicted octanol–water partition coefficient (Wildman–Crippen LogP) is 4.07. The number of benzene rings is 1. The zero-order chi connectivity index (χ0) is 14.3. The molecule has 0 atom stereocenters. The van der Waals surface area contributed by atoms with Crippen LogP contribution in [0.2, 0.25) is 5.02 Å². The monoisotopic (exact) mass is 297 g/mol. The summed E-state index contributed by atoms with van der Waals surface area (Å²) >= 11 is 5.82. The molecule has 7 heteroatoms. The van der Waals surface area contributed by atoms with Gasteiger partial charge in [0.05, 0.1) is 5.56 Å². The molecule has 0 bridgehead atoms. The second kappa shape index (κ2) is 4.49. The number of alkyl halides is 3. The molecule has 3 rings (SSSR count). The molecule has 0 unspecified atom stereocenters. The number of rotatable bonds is 1. The second-order valence-electron chi connectivity index (χ2n) is 4.13. The first-order valence-electron chi connectivity index (χ1n) is 5.64. The van der Waals surface area contributed by atoms with Gasteiger partial charge in [-0.3, -0.25) is 0 Å². The van der Waals surface area contributed by atoms with Crippen LogP contribution in [0.1, 0.15) is 5.56 Å². The molecule has 0 amide bonds. The molecule has 0 aliphatic heterocycles. The van der Waals surface area contributed by atoms with E-state index in [2.05, 4.69) is 10.1 Å². The average molecular weight is 298 g/mol. The number of hydrogen-bond acceptors (Lipinski definition) is 2. The van der Waals surface area contributed by atoms with E-state index in [1.807, 2.05) is 0 Å². The maximum absolute atomic E-state index is 13.0. The number of halogens is 4. The number of aromatic nitrogens is 3. The highest BCUT2D eigenvalue weighted by molar-refractivity contribution is 6.30. The van der Waals surface area contributed by atoms with Crippen LogP contribution in [-0.2, 0) is 6.18 Å². The fourth-order valence-electron chi connectivity index (χ4n) is 1.90. The zero-order valence-corrected chi connectivity index (χ0v) is 10.7. The fourth-order valence-corrected chi connectivity index (χ4v) is 2.05. The topological polar surface area (TPSA) is 30.2 Å². The lowest BCUT2D eigenvalue weighted by Crippen LogP contribution is -2.07. The van der Waals surface area contributed by atoms with Gasteiger partial charge in [-0.05, 0) is 12.1 Å². The molecular formula is C13H7ClF3N3. The van der Waals surface area contributed by atoms with Gasteiger partial charge in [-0.2, -0.15) is 13.2 Å². The Morgan fingerprint density at radius 2 is 1.85 bits per heavy atom. The Labute approximate surface area is 116 Å². The lowest BCUT2D eigenvalue weighted by atomic mass is 10.1. The molecule has 3 nitrogen and oxygen atoms in total. The van der Waals surface area contributed by atoms with Crippen molar-refractivity contribution in [2.75, 3.05) is 0 Å². The van der Waals surface area contributed by atoms with Gasteiger partial charge in [0.2, 0.25) is 0 Å².